The van der Waals surface area contributed by atoms with E-state index in [1.165, 1.54) is 12.6 Å². The van der Waals surface area contributed by atoms with Crippen LogP contribution in [0.4, 0.5) is 0 Å². The van der Waals surface area contributed by atoms with Crippen molar-refractivity contribution in [2.45, 2.75) is 37.7 Å². The van der Waals surface area contributed by atoms with Gasteiger partial charge in [-0.15, -0.1) is 0 Å². The zero-order valence-electron chi connectivity index (χ0n) is 22.5. The number of aliphatic hydroxyl groups excluding tert-OH is 1. The number of Topliss-reactive ketones (excluding diaryl/α,β-unsaturated/α-hetero) is 1. The standard InChI is InChI=1S/C31H30N2O9/c32-26(18-36)29(38)33-31(27(37)25(16-34)17-35,42-21-24-14-8-3-9-15-24)28(40-19-22-10-4-1-5-11-22)30(39)41-20-23-12-6-2-7-13-23/h1-15,25-26,28,36H,18-21,32H2,(H,33,38)/t26-,28?,31-/m0/s1. The average molecular weight is 575 g/mol. The van der Waals surface area contributed by atoms with Crippen LogP contribution in [0, 0.1) is 5.92 Å². The molecule has 42 heavy (non-hydrogen) atoms. The van der Waals surface area contributed by atoms with Crippen LogP contribution >= 0.6 is 0 Å². The Kier molecular flexibility index (Phi) is 12.2. The molecule has 0 saturated heterocycles. The van der Waals surface area contributed by atoms with Crippen LogP contribution in [0.15, 0.2) is 91.0 Å². The minimum Gasteiger partial charge on any atom is -0.459 e. The molecule has 11 heteroatoms. The predicted molar refractivity (Wildman–Crippen MR) is 148 cm³/mol. The van der Waals surface area contributed by atoms with Gasteiger partial charge in [-0.3, -0.25) is 19.2 Å². The van der Waals surface area contributed by atoms with Crippen LogP contribution in [0.3, 0.4) is 0 Å². The zero-order valence-corrected chi connectivity index (χ0v) is 22.5. The van der Waals surface area contributed by atoms with E-state index in [9.17, 15) is 29.1 Å². The molecule has 0 spiro atoms. The second-order valence-electron chi connectivity index (χ2n) is 9.09. The smallest absolute Gasteiger partial charge is 0.341 e. The molecule has 3 atom stereocenters. The summed E-state index contributed by atoms with van der Waals surface area (Å²) in [5.74, 6) is -5.92. The van der Waals surface area contributed by atoms with Crippen LogP contribution in [-0.4, -0.2) is 59.8 Å². The Morgan fingerprint density at radius 1 is 0.786 bits per heavy atom. The van der Waals surface area contributed by atoms with Crippen LogP contribution < -0.4 is 11.1 Å². The summed E-state index contributed by atoms with van der Waals surface area (Å²) in [6.45, 7) is -1.77. The first kappa shape index (κ1) is 32.0. The molecule has 3 aromatic carbocycles. The van der Waals surface area contributed by atoms with Crippen molar-refractivity contribution in [3.8, 4) is 0 Å². The van der Waals surface area contributed by atoms with Crippen molar-refractivity contribution < 1.29 is 43.3 Å². The number of ether oxygens (including phenoxy) is 3. The Morgan fingerprint density at radius 3 is 1.74 bits per heavy atom. The fourth-order valence-electron chi connectivity index (χ4n) is 3.82. The van der Waals surface area contributed by atoms with Gasteiger partial charge in [0.15, 0.2) is 5.92 Å². The summed E-state index contributed by atoms with van der Waals surface area (Å²) in [6.07, 6.45) is 0.436. The number of nitrogens with one attached hydrogen (secondary N) is 1. The fraction of sp³-hybridized carbons (Fsp3) is 0.258. The molecular weight excluding hydrogens is 544 g/mol. The monoisotopic (exact) mass is 574 g/mol. The first-order chi connectivity index (χ1) is 20.3. The lowest BCUT2D eigenvalue weighted by atomic mass is 9.91. The maximum Gasteiger partial charge on any atom is 0.341 e. The zero-order chi connectivity index (χ0) is 30.4. The Labute approximate surface area is 242 Å². The van der Waals surface area contributed by atoms with Crippen molar-refractivity contribution in [1.29, 1.82) is 0 Å². The van der Waals surface area contributed by atoms with Gasteiger partial charge in [-0.2, -0.15) is 0 Å². The molecule has 0 aliphatic heterocycles. The maximum atomic E-state index is 13.9. The molecule has 0 aliphatic rings. The number of benzene rings is 3. The molecule has 3 rings (SSSR count). The SMILES string of the molecule is N[C@@H](CO)C(=O)N[C@](OCc1ccccc1)(C(=O)C([C]=O)[C]=O)C(OCc1ccccc1)C(=O)OCc1ccccc1. The highest BCUT2D eigenvalue weighted by molar-refractivity contribution is 6.12. The van der Waals surface area contributed by atoms with Gasteiger partial charge in [-0.1, -0.05) is 91.0 Å². The molecule has 3 aromatic rings. The van der Waals surface area contributed by atoms with Gasteiger partial charge >= 0.3 is 5.97 Å². The van der Waals surface area contributed by atoms with E-state index < -0.39 is 54.7 Å². The number of aliphatic hydroxyl groups is 1. The molecular formula is C31H30N2O9. The summed E-state index contributed by atoms with van der Waals surface area (Å²) >= 11 is 0. The van der Waals surface area contributed by atoms with Crippen LogP contribution in [0.2, 0.25) is 0 Å². The largest absolute Gasteiger partial charge is 0.459 e. The molecule has 11 nitrogen and oxygen atoms in total. The minimum absolute atomic E-state index is 0.249. The molecule has 0 bridgehead atoms. The number of esters is 1. The normalized spacial score (nSPS) is 13.8. The third kappa shape index (κ3) is 8.48. The van der Waals surface area contributed by atoms with E-state index >= 15 is 0 Å². The molecule has 0 saturated carbocycles. The molecule has 4 N–H and O–H groups in total. The molecule has 218 valence electrons. The lowest BCUT2D eigenvalue weighted by molar-refractivity contribution is -0.205. The predicted octanol–water partition coefficient (Wildman–Crippen LogP) is 1.07. The molecule has 0 heterocycles. The number of carbonyl (C=O) groups excluding carboxylic acids is 5. The molecule has 0 fully saturated rings. The van der Waals surface area contributed by atoms with Crippen molar-refractivity contribution in [3.63, 3.8) is 0 Å². The lowest BCUT2D eigenvalue weighted by Gasteiger charge is -2.39. The average Bonchev–Trinajstić information content (AvgIpc) is 3.04. The van der Waals surface area contributed by atoms with Gasteiger partial charge in [-0.25, -0.2) is 4.79 Å². The van der Waals surface area contributed by atoms with Crippen LogP contribution in [0.5, 0.6) is 0 Å². The van der Waals surface area contributed by atoms with E-state index in [1.54, 1.807) is 91.0 Å². The highest BCUT2D eigenvalue weighted by Gasteiger charge is 2.56. The number of amides is 1. The van der Waals surface area contributed by atoms with E-state index in [0.29, 0.717) is 16.7 Å². The second-order valence-corrected chi connectivity index (χ2v) is 9.09. The van der Waals surface area contributed by atoms with Crippen molar-refractivity contribution in [2.24, 2.45) is 11.7 Å². The van der Waals surface area contributed by atoms with Crippen LogP contribution in [-0.2, 0) is 58.0 Å². The summed E-state index contributed by atoms with van der Waals surface area (Å²) in [6, 6.07) is 24.0. The number of carbonyl (C=O) groups is 3. The molecule has 1 amide bonds. The van der Waals surface area contributed by atoms with Crippen LogP contribution in [0.25, 0.3) is 0 Å². The van der Waals surface area contributed by atoms with Gasteiger partial charge in [0.2, 0.25) is 36.1 Å². The topological polar surface area (TPSA) is 171 Å². The Morgan fingerprint density at radius 2 is 1.26 bits per heavy atom. The van der Waals surface area contributed by atoms with E-state index in [1.807, 2.05) is 0 Å². The quantitative estimate of drug-likeness (QED) is 0.120. The van der Waals surface area contributed by atoms with E-state index in [-0.39, 0.29) is 13.2 Å². The van der Waals surface area contributed by atoms with Gasteiger partial charge in [0.05, 0.1) is 19.8 Å². The molecule has 0 aromatic heterocycles. The Bertz CT molecular complexity index is 1310. The number of hydrogen-bond acceptors (Lipinski definition) is 10. The lowest BCUT2D eigenvalue weighted by Crippen LogP contribution is -2.70. The van der Waals surface area contributed by atoms with Crippen molar-refractivity contribution >= 4 is 30.2 Å². The third-order valence-corrected chi connectivity index (χ3v) is 6.08. The molecule has 2 radical (unpaired) electrons. The first-order valence-corrected chi connectivity index (χ1v) is 12.9. The Balaban J connectivity index is 2.13. The number of nitrogens with two attached hydrogens (primary N) is 1. The highest BCUT2D eigenvalue weighted by Crippen LogP contribution is 2.26. The summed E-state index contributed by atoms with van der Waals surface area (Å²) in [5.41, 5.74) is 4.53. The van der Waals surface area contributed by atoms with Gasteiger partial charge in [-0.05, 0) is 16.7 Å². The summed E-state index contributed by atoms with van der Waals surface area (Å²) < 4.78 is 17.3. The van der Waals surface area contributed by atoms with Gasteiger partial charge in [0, 0.05) is 0 Å². The third-order valence-electron chi connectivity index (χ3n) is 6.08. The van der Waals surface area contributed by atoms with Crippen LogP contribution in [0.1, 0.15) is 16.7 Å². The fourth-order valence-corrected chi connectivity index (χ4v) is 3.82. The van der Waals surface area contributed by atoms with E-state index in [0.717, 1.165) is 0 Å². The molecule has 1 unspecified atom stereocenters. The number of hydrogen-bond donors (Lipinski definition) is 3. The second kappa shape index (κ2) is 16.0. The molecule has 0 aliphatic carbocycles. The summed E-state index contributed by atoms with van der Waals surface area (Å²) in [4.78, 5) is 64.0. The summed E-state index contributed by atoms with van der Waals surface area (Å²) in [7, 11) is 0. The van der Waals surface area contributed by atoms with Crippen molar-refractivity contribution in [3.05, 3.63) is 108 Å². The number of ketones is 1. The van der Waals surface area contributed by atoms with Gasteiger partial charge in [0.25, 0.3) is 0 Å². The van der Waals surface area contributed by atoms with E-state index in [4.69, 9.17) is 19.9 Å². The van der Waals surface area contributed by atoms with Gasteiger partial charge in [0.1, 0.15) is 12.6 Å². The first-order valence-electron chi connectivity index (χ1n) is 12.9. The van der Waals surface area contributed by atoms with Crippen molar-refractivity contribution in [1.82, 2.24) is 5.32 Å². The van der Waals surface area contributed by atoms with Crippen molar-refractivity contribution in [2.75, 3.05) is 6.61 Å². The summed E-state index contributed by atoms with van der Waals surface area (Å²) in [5, 5.41) is 11.7. The van der Waals surface area contributed by atoms with E-state index in [2.05, 4.69) is 5.32 Å². The highest BCUT2D eigenvalue weighted by atomic mass is 16.6. The number of rotatable bonds is 17. The minimum atomic E-state index is -2.85. The van der Waals surface area contributed by atoms with Gasteiger partial charge < -0.3 is 30.4 Å². The maximum absolute atomic E-state index is 13.9. The Hall–Kier alpha value is -4.55.